The van der Waals surface area contributed by atoms with Crippen LogP contribution in [0.3, 0.4) is 0 Å². The molecule has 0 spiro atoms. The molecule has 7 nitrogen and oxygen atoms in total. The number of carbonyl (C=O) groups excluding carboxylic acids is 1. The van der Waals surface area contributed by atoms with Crippen molar-refractivity contribution < 1.29 is 14.7 Å². The molecule has 24 heavy (non-hydrogen) atoms. The summed E-state index contributed by atoms with van der Waals surface area (Å²) in [5.74, 6) is -1.26. The number of carboxylic acid groups (broad SMARTS) is 1. The van der Waals surface area contributed by atoms with E-state index in [2.05, 4.69) is 10.1 Å². The van der Waals surface area contributed by atoms with Crippen LogP contribution in [0.1, 0.15) is 55.7 Å². The minimum atomic E-state index is -0.991. The van der Waals surface area contributed by atoms with Gasteiger partial charge in [0.05, 0.1) is 17.5 Å². The Bertz CT molecular complexity index is 808. The van der Waals surface area contributed by atoms with Gasteiger partial charge in [0.25, 0.3) is 5.91 Å². The van der Waals surface area contributed by atoms with Crippen molar-refractivity contribution in [2.45, 2.75) is 58.7 Å². The van der Waals surface area contributed by atoms with Gasteiger partial charge in [0.2, 0.25) is 0 Å². The van der Waals surface area contributed by atoms with Gasteiger partial charge in [0.15, 0.2) is 5.65 Å². The second-order valence-corrected chi connectivity index (χ2v) is 6.67. The van der Waals surface area contributed by atoms with Gasteiger partial charge < -0.3 is 10.0 Å². The van der Waals surface area contributed by atoms with Crippen molar-refractivity contribution in [2.75, 3.05) is 0 Å². The van der Waals surface area contributed by atoms with E-state index in [4.69, 9.17) is 0 Å². The highest BCUT2D eigenvalue weighted by Crippen LogP contribution is 2.31. The minimum absolute atomic E-state index is 0.0112. The van der Waals surface area contributed by atoms with Crippen LogP contribution in [-0.4, -0.2) is 48.7 Å². The number of rotatable bonds is 5. The molecule has 1 atom stereocenters. The fourth-order valence-corrected chi connectivity index (χ4v) is 2.93. The van der Waals surface area contributed by atoms with Gasteiger partial charge in [-0.15, -0.1) is 0 Å². The maximum absolute atomic E-state index is 13.0. The van der Waals surface area contributed by atoms with Crippen LogP contribution >= 0.6 is 0 Å². The van der Waals surface area contributed by atoms with E-state index >= 15 is 0 Å². The molecule has 7 heteroatoms. The maximum Gasteiger partial charge on any atom is 0.326 e. The van der Waals surface area contributed by atoms with Crippen LogP contribution < -0.4 is 0 Å². The third kappa shape index (κ3) is 2.74. The maximum atomic E-state index is 13.0. The van der Waals surface area contributed by atoms with Gasteiger partial charge >= 0.3 is 5.97 Å². The Morgan fingerprint density at radius 2 is 2.00 bits per heavy atom. The molecule has 0 radical (unpaired) electrons. The zero-order valence-corrected chi connectivity index (χ0v) is 14.4. The standard InChI is InChI=1S/C17H22N4O3/c1-9(2)21-15-12(8-18-21)7-14(10(3)19-15)16(22)20(13-5-6-13)11(4)17(23)24/h7-9,11,13H,5-6H2,1-4H3,(H,23,24). The summed E-state index contributed by atoms with van der Waals surface area (Å²) in [5.41, 5.74) is 1.78. The molecule has 0 aliphatic heterocycles. The highest BCUT2D eigenvalue weighted by atomic mass is 16.4. The number of aliphatic carboxylic acids is 1. The van der Waals surface area contributed by atoms with Crippen LogP contribution in [-0.2, 0) is 4.79 Å². The Balaban J connectivity index is 2.03. The topological polar surface area (TPSA) is 88.3 Å². The number of hydrogen-bond donors (Lipinski definition) is 1. The number of aryl methyl sites for hydroxylation is 1. The highest BCUT2D eigenvalue weighted by molar-refractivity contribution is 6.00. The van der Waals surface area contributed by atoms with E-state index < -0.39 is 12.0 Å². The number of hydrogen-bond acceptors (Lipinski definition) is 4. The second kappa shape index (κ2) is 5.89. The van der Waals surface area contributed by atoms with E-state index in [0.717, 1.165) is 23.9 Å². The number of fused-ring (bicyclic) bond motifs is 1. The molecule has 2 heterocycles. The van der Waals surface area contributed by atoms with Crippen LogP contribution in [0.5, 0.6) is 0 Å². The van der Waals surface area contributed by atoms with Crippen LogP contribution in [0.4, 0.5) is 0 Å². The van der Waals surface area contributed by atoms with Crippen molar-refractivity contribution in [1.82, 2.24) is 19.7 Å². The summed E-state index contributed by atoms with van der Waals surface area (Å²) >= 11 is 0. The van der Waals surface area contributed by atoms with Crippen molar-refractivity contribution >= 4 is 22.9 Å². The molecule has 1 N–H and O–H groups in total. The van der Waals surface area contributed by atoms with E-state index in [-0.39, 0.29) is 18.0 Å². The van der Waals surface area contributed by atoms with E-state index in [1.165, 1.54) is 4.90 Å². The zero-order chi connectivity index (χ0) is 17.6. The molecule has 1 saturated carbocycles. The third-order valence-corrected chi connectivity index (χ3v) is 4.43. The fraction of sp³-hybridized carbons (Fsp3) is 0.529. The molecule has 2 aromatic heterocycles. The van der Waals surface area contributed by atoms with Crippen molar-refractivity contribution in [1.29, 1.82) is 0 Å². The lowest BCUT2D eigenvalue weighted by Crippen LogP contribution is -2.45. The summed E-state index contributed by atoms with van der Waals surface area (Å²) in [6.45, 7) is 7.37. The molecule has 1 amide bonds. The largest absolute Gasteiger partial charge is 0.480 e. The van der Waals surface area contributed by atoms with Gasteiger partial charge in [-0.05, 0) is 46.6 Å². The molecule has 3 rings (SSSR count). The normalized spacial score (nSPS) is 15.7. The van der Waals surface area contributed by atoms with Gasteiger partial charge in [-0.1, -0.05) is 0 Å². The quantitative estimate of drug-likeness (QED) is 0.909. The number of pyridine rings is 1. The Labute approximate surface area is 140 Å². The molecule has 0 saturated heterocycles. The van der Waals surface area contributed by atoms with E-state index in [1.807, 2.05) is 18.5 Å². The fourth-order valence-electron chi connectivity index (χ4n) is 2.93. The molecular formula is C17H22N4O3. The number of nitrogens with zero attached hydrogens (tertiary/aromatic N) is 4. The number of amides is 1. The van der Waals surface area contributed by atoms with E-state index in [9.17, 15) is 14.7 Å². The summed E-state index contributed by atoms with van der Waals surface area (Å²) in [7, 11) is 0. The predicted octanol–water partition coefficient (Wildman–Crippen LogP) is 2.40. The van der Waals surface area contributed by atoms with Gasteiger partial charge in [0, 0.05) is 17.5 Å². The first-order valence-electron chi connectivity index (χ1n) is 8.21. The predicted molar refractivity (Wildman–Crippen MR) is 88.9 cm³/mol. The summed E-state index contributed by atoms with van der Waals surface area (Å²) in [6.07, 6.45) is 3.40. The van der Waals surface area contributed by atoms with Crippen molar-refractivity contribution in [2.24, 2.45) is 0 Å². The average molecular weight is 330 g/mol. The lowest BCUT2D eigenvalue weighted by molar-refractivity contribution is -0.141. The first kappa shape index (κ1) is 16.4. The Kier molecular flexibility index (Phi) is 4.03. The second-order valence-electron chi connectivity index (χ2n) is 6.67. The number of aromatic nitrogens is 3. The monoisotopic (exact) mass is 330 g/mol. The number of carboxylic acids is 1. The molecule has 0 bridgehead atoms. The molecule has 0 aromatic carbocycles. The summed E-state index contributed by atoms with van der Waals surface area (Å²) in [5, 5.41) is 14.4. The Morgan fingerprint density at radius 3 is 2.54 bits per heavy atom. The molecule has 1 fully saturated rings. The minimum Gasteiger partial charge on any atom is -0.480 e. The SMILES string of the molecule is Cc1nc2c(cnn2C(C)C)cc1C(=O)N(C1CC1)C(C)C(=O)O. The Hall–Kier alpha value is -2.44. The number of carbonyl (C=O) groups is 2. The zero-order valence-electron chi connectivity index (χ0n) is 14.4. The summed E-state index contributed by atoms with van der Waals surface area (Å²) in [4.78, 5) is 30.4. The van der Waals surface area contributed by atoms with E-state index in [0.29, 0.717) is 11.3 Å². The van der Waals surface area contributed by atoms with Gasteiger partial charge in [-0.2, -0.15) is 5.10 Å². The first-order valence-corrected chi connectivity index (χ1v) is 8.21. The third-order valence-electron chi connectivity index (χ3n) is 4.43. The van der Waals surface area contributed by atoms with Gasteiger partial charge in [0.1, 0.15) is 6.04 Å². The van der Waals surface area contributed by atoms with Crippen LogP contribution in [0.25, 0.3) is 11.0 Å². The van der Waals surface area contributed by atoms with Crippen molar-refractivity contribution in [3.63, 3.8) is 0 Å². The summed E-state index contributed by atoms with van der Waals surface area (Å²) < 4.78 is 1.81. The smallest absolute Gasteiger partial charge is 0.326 e. The van der Waals surface area contributed by atoms with E-state index in [1.54, 1.807) is 26.1 Å². The molecular weight excluding hydrogens is 308 g/mol. The molecule has 1 aliphatic carbocycles. The molecule has 128 valence electrons. The van der Waals surface area contributed by atoms with Crippen LogP contribution in [0, 0.1) is 6.92 Å². The highest BCUT2D eigenvalue weighted by Gasteiger charge is 2.39. The Morgan fingerprint density at radius 1 is 1.33 bits per heavy atom. The van der Waals surface area contributed by atoms with Gasteiger partial charge in [-0.25, -0.2) is 14.5 Å². The summed E-state index contributed by atoms with van der Waals surface area (Å²) in [6, 6.07) is 1.11. The lowest BCUT2D eigenvalue weighted by Gasteiger charge is -2.27. The van der Waals surface area contributed by atoms with Crippen molar-refractivity contribution in [3.8, 4) is 0 Å². The first-order chi connectivity index (χ1) is 11.3. The molecule has 2 aromatic rings. The molecule has 1 aliphatic rings. The van der Waals surface area contributed by atoms with Gasteiger partial charge in [-0.3, -0.25) is 4.79 Å². The lowest BCUT2D eigenvalue weighted by atomic mass is 10.1. The molecule has 1 unspecified atom stereocenters. The average Bonchev–Trinajstić information content (AvgIpc) is 3.25. The van der Waals surface area contributed by atoms with Crippen LogP contribution in [0.15, 0.2) is 12.3 Å². The van der Waals surface area contributed by atoms with Crippen LogP contribution in [0.2, 0.25) is 0 Å². The van der Waals surface area contributed by atoms with Crippen molar-refractivity contribution in [3.05, 3.63) is 23.5 Å².